The van der Waals surface area contributed by atoms with Crippen LogP contribution in [0, 0.1) is 6.92 Å². The summed E-state index contributed by atoms with van der Waals surface area (Å²) in [5, 5.41) is 12.9. The van der Waals surface area contributed by atoms with Gasteiger partial charge >= 0.3 is 0 Å². The molecule has 6 nitrogen and oxygen atoms in total. The third-order valence-corrected chi connectivity index (χ3v) is 6.37. The molecule has 1 N–H and O–H groups in total. The van der Waals surface area contributed by atoms with Crippen molar-refractivity contribution in [3.05, 3.63) is 54.4 Å². The zero-order valence-electron chi connectivity index (χ0n) is 17.3. The maximum atomic E-state index is 12.4. The van der Waals surface area contributed by atoms with E-state index in [0.717, 1.165) is 40.6 Å². The molecule has 1 amide bonds. The van der Waals surface area contributed by atoms with Gasteiger partial charge in [0.1, 0.15) is 0 Å². The first-order valence-corrected chi connectivity index (χ1v) is 11.5. The van der Waals surface area contributed by atoms with E-state index < -0.39 is 0 Å². The maximum Gasteiger partial charge on any atom is 0.221 e. The van der Waals surface area contributed by atoms with Crippen LogP contribution in [0.4, 0.5) is 0 Å². The van der Waals surface area contributed by atoms with E-state index in [1.807, 2.05) is 24.3 Å². The number of aromatic nitrogens is 4. The van der Waals surface area contributed by atoms with E-state index in [4.69, 9.17) is 0 Å². The number of aryl methyl sites for hydroxylation is 1. The van der Waals surface area contributed by atoms with Crippen LogP contribution in [-0.2, 0) is 4.79 Å². The molecule has 0 radical (unpaired) electrons. The molecule has 156 valence electrons. The Kier molecular flexibility index (Phi) is 6.79. The highest BCUT2D eigenvalue weighted by Gasteiger charge is 2.19. The summed E-state index contributed by atoms with van der Waals surface area (Å²) in [7, 11) is 0. The predicted molar refractivity (Wildman–Crippen MR) is 120 cm³/mol. The Hall–Kier alpha value is -2.67. The molecule has 4 rings (SSSR count). The van der Waals surface area contributed by atoms with Crippen molar-refractivity contribution in [1.82, 2.24) is 25.1 Å². The lowest BCUT2D eigenvalue weighted by Gasteiger charge is -2.22. The van der Waals surface area contributed by atoms with Crippen LogP contribution in [0.15, 0.2) is 53.9 Å². The van der Waals surface area contributed by atoms with Crippen LogP contribution in [0.3, 0.4) is 0 Å². The first kappa shape index (κ1) is 20.6. The van der Waals surface area contributed by atoms with Crippen LogP contribution >= 0.6 is 11.8 Å². The summed E-state index contributed by atoms with van der Waals surface area (Å²) in [5.74, 6) is 1.55. The van der Waals surface area contributed by atoms with Gasteiger partial charge in [-0.25, -0.2) is 0 Å². The number of carbonyl (C=O) groups excluding carboxylic acids is 1. The smallest absolute Gasteiger partial charge is 0.221 e. The Balaban J connectivity index is 1.50. The number of hydrogen-bond donors (Lipinski definition) is 1. The van der Waals surface area contributed by atoms with Gasteiger partial charge in [0.25, 0.3) is 0 Å². The molecule has 0 aliphatic heterocycles. The molecule has 1 saturated carbocycles. The fourth-order valence-electron chi connectivity index (χ4n) is 3.86. The van der Waals surface area contributed by atoms with Crippen molar-refractivity contribution >= 4 is 17.7 Å². The van der Waals surface area contributed by atoms with Crippen LogP contribution in [0.25, 0.3) is 17.1 Å². The Labute approximate surface area is 181 Å². The molecule has 7 heteroatoms. The van der Waals surface area contributed by atoms with Crippen molar-refractivity contribution in [2.75, 3.05) is 5.75 Å². The molecular weight excluding hydrogens is 394 g/mol. The van der Waals surface area contributed by atoms with Gasteiger partial charge in [0.2, 0.25) is 5.91 Å². The SMILES string of the molecule is Cc1ccccc1-n1c(SCCC(=O)NC2CCCCC2)nnc1-c1cccnc1. The second kappa shape index (κ2) is 9.89. The quantitative estimate of drug-likeness (QED) is 0.566. The Morgan fingerprint density at radius 2 is 1.97 bits per heavy atom. The maximum absolute atomic E-state index is 12.4. The van der Waals surface area contributed by atoms with Crippen molar-refractivity contribution in [3.8, 4) is 17.1 Å². The summed E-state index contributed by atoms with van der Waals surface area (Å²) in [4.78, 5) is 16.6. The average Bonchev–Trinajstić information content (AvgIpc) is 3.19. The number of para-hydroxylation sites is 1. The van der Waals surface area contributed by atoms with Crippen molar-refractivity contribution in [2.45, 2.75) is 56.6 Å². The van der Waals surface area contributed by atoms with Gasteiger partial charge in [-0.1, -0.05) is 49.2 Å². The molecule has 0 saturated heterocycles. The van der Waals surface area contributed by atoms with E-state index in [2.05, 4.69) is 44.1 Å². The summed E-state index contributed by atoms with van der Waals surface area (Å²) < 4.78 is 2.07. The van der Waals surface area contributed by atoms with E-state index >= 15 is 0 Å². The van der Waals surface area contributed by atoms with Gasteiger partial charge in [-0.3, -0.25) is 14.3 Å². The van der Waals surface area contributed by atoms with Crippen LogP contribution < -0.4 is 5.32 Å². The first-order chi connectivity index (χ1) is 14.7. The fraction of sp³-hybridized carbons (Fsp3) is 0.391. The van der Waals surface area contributed by atoms with Crippen LogP contribution in [-0.4, -0.2) is 37.5 Å². The highest BCUT2D eigenvalue weighted by atomic mass is 32.2. The summed E-state index contributed by atoms with van der Waals surface area (Å²) in [5.41, 5.74) is 3.09. The van der Waals surface area contributed by atoms with Gasteiger partial charge in [0.05, 0.1) is 5.69 Å². The fourth-order valence-corrected chi connectivity index (χ4v) is 4.74. The van der Waals surface area contributed by atoms with Crippen molar-refractivity contribution < 1.29 is 4.79 Å². The second-order valence-corrected chi connectivity index (χ2v) is 8.73. The van der Waals surface area contributed by atoms with Gasteiger partial charge in [-0.05, 0) is 43.5 Å². The predicted octanol–water partition coefficient (Wildman–Crippen LogP) is 4.57. The largest absolute Gasteiger partial charge is 0.353 e. The molecule has 2 heterocycles. The average molecular weight is 422 g/mol. The molecule has 1 aliphatic carbocycles. The first-order valence-electron chi connectivity index (χ1n) is 10.6. The molecule has 0 spiro atoms. The van der Waals surface area contributed by atoms with Crippen LogP contribution in [0.5, 0.6) is 0 Å². The Morgan fingerprint density at radius 1 is 1.13 bits per heavy atom. The minimum atomic E-state index is 0.129. The lowest BCUT2D eigenvalue weighted by Crippen LogP contribution is -2.36. The zero-order valence-corrected chi connectivity index (χ0v) is 18.1. The van der Waals surface area contributed by atoms with Crippen molar-refractivity contribution in [2.24, 2.45) is 0 Å². The van der Waals surface area contributed by atoms with Gasteiger partial charge in [0, 0.05) is 36.2 Å². The minimum absolute atomic E-state index is 0.129. The van der Waals surface area contributed by atoms with Crippen LogP contribution in [0.2, 0.25) is 0 Å². The van der Waals surface area contributed by atoms with Crippen molar-refractivity contribution in [1.29, 1.82) is 0 Å². The number of rotatable bonds is 7. The molecule has 0 bridgehead atoms. The van der Waals surface area contributed by atoms with Gasteiger partial charge in [0.15, 0.2) is 11.0 Å². The Bertz CT molecular complexity index is 982. The second-order valence-electron chi connectivity index (χ2n) is 7.67. The number of benzene rings is 1. The third kappa shape index (κ3) is 4.90. The molecule has 3 aromatic rings. The minimum Gasteiger partial charge on any atom is -0.353 e. The number of nitrogens with one attached hydrogen (secondary N) is 1. The molecule has 2 aromatic heterocycles. The van der Waals surface area contributed by atoms with Gasteiger partial charge in [-0.2, -0.15) is 0 Å². The monoisotopic (exact) mass is 421 g/mol. The lowest BCUT2D eigenvalue weighted by molar-refractivity contribution is -0.121. The standard InChI is InChI=1S/C23H27N5OS/c1-17-8-5-6-12-20(17)28-22(18-9-7-14-24-16-18)26-27-23(28)30-15-13-21(29)25-19-10-3-2-4-11-19/h5-9,12,14,16,19H,2-4,10-11,13,15H2,1H3,(H,25,29). The third-order valence-electron chi connectivity index (χ3n) is 5.44. The summed E-state index contributed by atoms with van der Waals surface area (Å²) in [6.45, 7) is 2.08. The molecule has 1 aliphatic rings. The van der Waals surface area contributed by atoms with Crippen LogP contribution in [0.1, 0.15) is 44.1 Å². The van der Waals surface area contributed by atoms with Gasteiger partial charge in [-0.15, -0.1) is 10.2 Å². The Morgan fingerprint density at radius 3 is 2.73 bits per heavy atom. The molecule has 30 heavy (non-hydrogen) atoms. The number of thioether (sulfide) groups is 1. The van der Waals surface area contributed by atoms with E-state index in [1.165, 1.54) is 19.3 Å². The topological polar surface area (TPSA) is 72.7 Å². The number of pyridine rings is 1. The van der Waals surface area contributed by atoms with E-state index in [9.17, 15) is 4.79 Å². The van der Waals surface area contributed by atoms with Crippen molar-refractivity contribution in [3.63, 3.8) is 0 Å². The number of amides is 1. The molecule has 1 fully saturated rings. The highest BCUT2D eigenvalue weighted by molar-refractivity contribution is 7.99. The molecule has 0 unspecified atom stereocenters. The zero-order chi connectivity index (χ0) is 20.8. The summed E-state index contributed by atoms with van der Waals surface area (Å²) in [6.07, 6.45) is 9.96. The highest BCUT2D eigenvalue weighted by Crippen LogP contribution is 2.29. The normalized spacial score (nSPS) is 14.6. The van der Waals surface area contributed by atoms with E-state index in [0.29, 0.717) is 18.2 Å². The van der Waals surface area contributed by atoms with E-state index in [-0.39, 0.29) is 5.91 Å². The number of carbonyl (C=O) groups is 1. The lowest BCUT2D eigenvalue weighted by atomic mass is 9.95. The summed E-state index contributed by atoms with van der Waals surface area (Å²) >= 11 is 1.56. The van der Waals surface area contributed by atoms with Gasteiger partial charge < -0.3 is 5.32 Å². The summed E-state index contributed by atoms with van der Waals surface area (Å²) in [6, 6.07) is 12.4. The number of nitrogens with zero attached hydrogens (tertiary/aromatic N) is 4. The molecule has 1 aromatic carbocycles. The molecule has 0 atom stereocenters. The number of hydrogen-bond acceptors (Lipinski definition) is 5. The molecular formula is C23H27N5OS. The van der Waals surface area contributed by atoms with E-state index in [1.54, 1.807) is 24.2 Å².